The van der Waals surface area contributed by atoms with Crippen LogP contribution in [0.15, 0.2) is 106 Å². The number of hydrogen-bond donors (Lipinski definition) is 0. The molecule has 0 saturated heterocycles. The molecule has 0 spiro atoms. The van der Waals surface area contributed by atoms with E-state index in [0.29, 0.717) is 5.90 Å². The van der Waals surface area contributed by atoms with Crippen LogP contribution in [0.2, 0.25) is 0 Å². The number of benzene rings is 3. The number of nitrogens with zero attached hydrogens (tertiary/aromatic N) is 1. The van der Waals surface area contributed by atoms with Gasteiger partial charge >= 0.3 is 0 Å². The number of hydrogen-bond acceptors (Lipinski definition) is 3. The van der Waals surface area contributed by atoms with Crippen LogP contribution in [0.4, 0.5) is 5.69 Å². The fourth-order valence-corrected chi connectivity index (χ4v) is 3.15. The molecule has 3 aromatic rings. The summed E-state index contributed by atoms with van der Waals surface area (Å²) in [6.45, 7) is 4.17. The lowest BCUT2D eigenvalue weighted by Crippen LogP contribution is -2.09. The lowest BCUT2D eigenvalue weighted by Gasteiger charge is -2.10. The van der Waals surface area contributed by atoms with Crippen LogP contribution in [0, 0.1) is 0 Å². The Morgan fingerprint density at radius 1 is 0.889 bits per heavy atom. The molecular formula is C24H23NOS. The van der Waals surface area contributed by atoms with E-state index in [1.165, 1.54) is 10.5 Å². The SMILES string of the molecule is CCc1ccc(N=C(Oc2ccccc2)C(C)=CSc2ccccc2)cc1. The Hall–Kier alpha value is -2.78. The molecule has 0 aliphatic carbocycles. The van der Waals surface area contributed by atoms with E-state index < -0.39 is 0 Å². The van der Waals surface area contributed by atoms with Crippen molar-refractivity contribution in [3.05, 3.63) is 101 Å². The third kappa shape index (κ3) is 5.87. The fraction of sp³-hybridized carbons (Fsp3) is 0.125. The molecule has 3 aromatic carbocycles. The highest BCUT2D eigenvalue weighted by atomic mass is 32.2. The standard InChI is InChI=1S/C24H23NOS/c1-3-20-14-16-21(17-15-20)25-24(26-22-10-6-4-7-11-22)19(2)18-27-23-12-8-5-9-13-23/h4-18H,3H2,1-2H3. The number of ether oxygens (including phenoxy) is 1. The first-order valence-electron chi connectivity index (χ1n) is 9.04. The minimum absolute atomic E-state index is 0.605. The monoisotopic (exact) mass is 373 g/mol. The van der Waals surface area contributed by atoms with E-state index in [2.05, 4.69) is 36.6 Å². The highest BCUT2D eigenvalue weighted by Crippen LogP contribution is 2.23. The fourth-order valence-electron chi connectivity index (χ4n) is 2.42. The lowest BCUT2D eigenvalue weighted by molar-refractivity contribution is 0.551. The van der Waals surface area contributed by atoms with Gasteiger partial charge in [-0.1, -0.05) is 67.2 Å². The van der Waals surface area contributed by atoms with Crippen molar-refractivity contribution in [3.8, 4) is 5.75 Å². The summed E-state index contributed by atoms with van der Waals surface area (Å²) in [6.07, 6.45) is 1.02. The summed E-state index contributed by atoms with van der Waals surface area (Å²) in [5, 5.41) is 2.08. The van der Waals surface area contributed by atoms with Gasteiger partial charge in [0, 0.05) is 10.5 Å². The molecule has 0 N–H and O–H groups in total. The number of aliphatic imine (C=N–C) groups is 1. The summed E-state index contributed by atoms with van der Waals surface area (Å²) < 4.78 is 6.09. The Balaban J connectivity index is 1.87. The minimum Gasteiger partial charge on any atom is -0.439 e. The zero-order valence-corrected chi connectivity index (χ0v) is 16.4. The van der Waals surface area contributed by atoms with Gasteiger partial charge in [-0.2, -0.15) is 0 Å². The molecule has 0 fully saturated rings. The maximum absolute atomic E-state index is 6.09. The molecule has 0 atom stereocenters. The zero-order valence-electron chi connectivity index (χ0n) is 15.6. The summed E-state index contributed by atoms with van der Waals surface area (Å²) in [4.78, 5) is 5.94. The third-order valence-electron chi connectivity index (χ3n) is 3.99. The van der Waals surface area contributed by atoms with Crippen molar-refractivity contribution in [2.45, 2.75) is 25.2 Å². The van der Waals surface area contributed by atoms with Gasteiger partial charge in [0.25, 0.3) is 0 Å². The minimum atomic E-state index is 0.605. The van der Waals surface area contributed by atoms with E-state index in [1.807, 2.05) is 67.6 Å². The van der Waals surface area contributed by atoms with E-state index in [0.717, 1.165) is 23.4 Å². The summed E-state index contributed by atoms with van der Waals surface area (Å²) in [5.41, 5.74) is 3.16. The topological polar surface area (TPSA) is 21.6 Å². The second-order valence-electron chi connectivity index (χ2n) is 6.08. The van der Waals surface area contributed by atoms with E-state index in [9.17, 15) is 0 Å². The molecule has 0 amide bonds. The molecule has 0 unspecified atom stereocenters. The van der Waals surface area contributed by atoms with Crippen LogP contribution in [0.25, 0.3) is 0 Å². The predicted octanol–water partition coefficient (Wildman–Crippen LogP) is 7.05. The van der Waals surface area contributed by atoms with Crippen molar-refractivity contribution in [1.82, 2.24) is 0 Å². The van der Waals surface area contributed by atoms with E-state index in [-0.39, 0.29) is 0 Å². The first-order valence-corrected chi connectivity index (χ1v) is 9.92. The molecule has 3 rings (SSSR count). The van der Waals surface area contributed by atoms with Crippen molar-refractivity contribution < 1.29 is 4.74 Å². The quantitative estimate of drug-likeness (QED) is 0.262. The van der Waals surface area contributed by atoms with Gasteiger partial charge in [-0.25, -0.2) is 4.99 Å². The van der Waals surface area contributed by atoms with Crippen LogP contribution in [-0.2, 0) is 6.42 Å². The molecule has 3 heteroatoms. The zero-order chi connectivity index (χ0) is 18.9. The first kappa shape index (κ1) is 19.0. The van der Waals surface area contributed by atoms with Crippen LogP contribution in [0.5, 0.6) is 5.75 Å². The smallest absolute Gasteiger partial charge is 0.223 e. The Morgan fingerprint density at radius 3 is 2.15 bits per heavy atom. The number of rotatable bonds is 6. The third-order valence-corrected chi connectivity index (χ3v) is 5.00. The number of aryl methyl sites for hydroxylation is 1. The van der Waals surface area contributed by atoms with Gasteiger partial charge in [0.1, 0.15) is 5.75 Å². The van der Waals surface area contributed by atoms with Crippen molar-refractivity contribution in [3.63, 3.8) is 0 Å². The molecule has 0 aliphatic rings. The molecule has 0 aliphatic heterocycles. The maximum Gasteiger partial charge on any atom is 0.223 e. The molecule has 0 bridgehead atoms. The van der Waals surface area contributed by atoms with Gasteiger partial charge in [0.2, 0.25) is 5.90 Å². The summed E-state index contributed by atoms with van der Waals surface area (Å²) in [6, 6.07) is 28.3. The molecule has 0 radical (unpaired) electrons. The van der Waals surface area contributed by atoms with Gasteiger partial charge in [-0.15, -0.1) is 0 Å². The van der Waals surface area contributed by atoms with Crippen molar-refractivity contribution in [2.24, 2.45) is 4.99 Å². The van der Waals surface area contributed by atoms with Crippen LogP contribution in [0.1, 0.15) is 19.4 Å². The van der Waals surface area contributed by atoms with E-state index >= 15 is 0 Å². The average Bonchev–Trinajstić information content (AvgIpc) is 2.73. The van der Waals surface area contributed by atoms with Crippen LogP contribution in [-0.4, -0.2) is 5.90 Å². The Kier molecular flexibility index (Phi) is 6.89. The average molecular weight is 374 g/mol. The number of thioether (sulfide) groups is 1. The molecule has 0 saturated carbocycles. The Labute approximate surface area is 165 Å². The van der Waals surface area contributed by atoms with Gasteiger partial charge in [0.15, 0.2) is 0 Å². The largest absolute Gasteiger partial charge is 0.439 e. The molecule has 136 valence electrons. The molecular weight excluding hydrogens is 350 g/mol. The van der Waals surface area contributed by atoms with Crippen molar-refractivity contribution in [2.75, 3.05) is 0 Å². The van der Waals surface area contributed by atoms with E-state index in [4.69, 9.17) is 9.73 Å². The van der Waals surface area contributed by atoms with Crippen molar-refractivity contribution in [1.29, 1.82) is 0 Å². The normalized spacial score (nSPS) is 12.1. The lowest BCUT2D eigenvalue weighted by atomic mass is 10.1. The molecule has 27 heavy (non-hydrogen) atoms. The predicted molar refractivity (Wildman–Crippen MR) is 116 cm³/mol. The van der Waals surface area contributed by atoms with Crippen LogP contribution >= 0.6 is 11.8 Å². The summed E-state index contributed by atoms with van der Waals surface area (Å²) >= 11 is 1.66. The molecule has 2 nitrogen and oxygen atoms in total. The second kappa shape index (κ2) is 9.79. The van der Waals surface area contributed by atoms with Crippen molar-refractivity contribution >= 4 is 23.3 Å². The van der Waals surface area contributed by atoms with E-state index in [1.54, 1.807) is 11.8 Å². The van der Waals surface area contributed by atoms with Crippen LogP contribution in [0.3, 0.4) is 0 Å². The van der Waals surface area contributed by atoms with Gasteiger partial charge in [-0.3, -0.25) is 0 Å². The Bertz CT molecular complexity index is 900. The highest BCUT2D eigenvalue weighted by Gasteiger charge is 2.07. The van der Waals surface area contributed by atoms with Gasteiger partial charge in [-0.05, 0) is 60.7 Å². The Morgan fingerprint density at radius 2 is 1.52 bits per heavy atom. The summed E-state index contributed by atoms with van der Waals surface area (Å²) in [5.74, 6) is 1.38. The molecule has 0 heterocycles. The maximum atomic E-state index is 6.09. The van der Waals surface area contributed by atoms with Gasteiger partial charge in [0.05, 0.1) is 5.69 Å². The highest BCUT2D eigenvalue weighted by molar-refractivity contribution is 8.02. The molecule has 0 aromatic heterocycles. The first-order chi connectivity index (χ1) is 13.2. The van der Waals surface area contributed by atoms with Crippen LogP contribution < -0.4 is 4.74 Å². The summed E-state index contributed by atoms with van der Waals surface area (Å²) in [7, 11) is 0. The second-order valence-corrected chi connectivity index (χ2v) is 7.03. The van der Waals surface area contributed by atoms with Gasteiger partial charge < -0.3 is 4.74 Å². The number of para-hydroxylation sites is 1.